The zero-order valence-corrected chi connectivity index (χ0v) is 32.0. The van der Waals surface area contributed by atoms with Gasteiger partial charge < -0.3 is 19.3 Å². The maximum atomic E-state index is 7.19. The summed E-state index contributed by atoms with van der Waals surface area (Å²) in [5.41, 5.74) is 6.58. The van der Waals surface area contributed by atoms with Crippen LogP contribution in [0.4, 0.5) is 22.7 Å². The van der Waals surface area contributed by atoms with Crippen molar-refractivity contribution in [1.82, 2.24) is 0 Å². The molecular weight excluding hydrogens is 689 g/mol. The lowest BCUT2D eigenvalue weighted by molar-refractivity contribution is 0.0762. The molecular formula is C50H42N4O2. The third-order valence-electron chi connectivity index (χ3n) is 13.0. The van der Waals surface area contributed by atoms with Crippen molar-refractivity contribution >= 4 is 56.7 Å². The second kappa shape index (κ2) is 11.6. The highest BCUT2D eigenvalue weighted by molar-refractivity contribution is 6.01. The van der Waals surface area contributed by atoms with Gasteiger partial charge >= 0.3 is 0 Å². The van der Waals surface area contributed by atoms with Crippen LogP contribution in [0.15, 0.2) is 156 Å². The molecule has 4 heterocycles. The minimum atomic E-state index is -0.818. The molecule has 2 atom stereocenters. The molecule has 4 aliphatic heterocycles. The second-order valence-corrected chi connectivity index (χ2v) is 16.7. The number of fused-ring (bicyclic) bond motifs is 8. The van der Waals surface area contributed by atoms with Gasteiger partial charge in [-0.2, -0.15) is 0 Å². The minimum Gasteiger partial charge on any atom is -0.459 e. The summed E-state index contributed by atoms with van der Waals surface area (Å²) < 4.78 is 14.4. The van der Waals surface area contributed by atoms with Crippen molar-refractivity contribution in [3.63, 3.8) is 0 Å². The van der Waals surface area contributed by atoms with E-state index in [2.05, 4.69) is 196 Å². The van der Waals surface area contributed by atoms with Gasteiger partial charge in [-0.05, 0) is 85.0 Å². The molecule has 6 nitrogen and oxygen atoms in total. The van der Waals surface area contributed by atoms with Crippen LogP contribution in [0.25, 0.3) is 21.5 Å². The molecule has 274 valence electrons. The summed E-state index contributed by atoms with van der Waals surface area (Å²) >= 11 is 0. The average Bonchev–Trinajstić information content (AvgIpc) is 3.51. The summed E-state index contributed by atoms with van der Waals surface area (Å²) in [6, 6.07) is 51.6. The van der Waals surface area contributed by atoms with E-state index in [1.54, 1.807) is 0 Å². The molecule has 0 saturated heterocycles. The fourth-order valence-corrected chi connectivity index (χ4v) is 9.83. The van der Waals surface area contributed by atoms with Crippen molar-refractivity contribution in [2.24, 2.45) is 9.98 Å². The molecule has 0 saturated carbocycles. The van der Waals surface area contributed by atoms with Crippen molar-refractivity contribution in [1.29, 1.82) is 0 Å². The molecule has 2 unspecified atom stereocenters. The summed E-state index contributed by atoms with van der Waals surface area (Å²) in [6.07, 6.45) is 4.10. The molecule has 7 aromatic carbocycles. The Morgan fingerprint density at radius 1 is 0.446 bits per heavy atom. The Kier molecular flexibility index (Phi) is 6.81. The van der Waals surface area contributed by atoms with Gasteiger partial charge in [0.15, 0.2) is 0 Å². The number of nitrogens with zero attached hydrogens (tertiary/aromatic N) is 4. The molecule has 56 heavy (non-hydrogen) atoms. The van der Waals surface area contributed by atoms with Crippen LogP contribution in [-0.2, 0) is 23.9 Å². The van der Waals surface area contributed by atoms with E-state index in [9.17, 15) is 0 Å². The largest absolute Gasteiger partial charge is 0.459 e. The number of aliphatic imine (C=N–C) groups is 2. The molecule has 0 N–H and O–H groups in total. The van der Waals surface area contributed by atoms with Crippen LogP contribution >= 0.6 is 0 Å². The molecule has 0 aliphatic carbocycles. The summed E-state index contributed by atoms with van der Waals surface area (Å²) in [5, 5.41) is 4.50. The van der Waals surface area contributed by atoms with Crippen molar-refractivity contribution in [2.45, 2.75) is 63.1 Å². The Morgan fingerprint density at radius 3 is 1.29 bits per heavy atom. The summed E-state index contributed by atoms with van der Waals surface area (Å²) in [7, 11) is 0. The highest BCUT2D eigenvalue weighted by Gasteiger charge is 2.61. The number of hydrogen-bond donors (Lipinski definition) is 0. The van der Waals surface area contributed by atoms with Crippen molar-refractivity contribution < 1.29 is 9.47 Å². The van der Waals surface area contributed by atoms with E-state index in [0.29, 0.717) is 13.1 Å². The Balaban J connectivity index is 0.938. The van der Waals surface area contributed by atoms with Gasteiger partial charge in [-0.1, -0.05) is 121 Å². The van der Waals surface area contributed by atoms with Gasteiger partial charge in [0.2, 0.25) is 11.4 Å². The summed E-state index contributed by atoms with van der Waals surface area (Å²) in [6.45, 7) is 10.4. The molecule has 2 spiro atoms. The lowest BCUT2D eigenvalue weighted by Crippen LogP contribution is -2.62. The first-order chi connectivity index (χ1) is 27.2. The first-order valence-electron chi connectivity index (χ1n) is 19.5. The SMILES string of the molecule is CC1(C)c2ccccc2N(Cc2ccc(CN3c4ccccc4C(C)(C)C34C=Nc3c(ccc5ccccc35)O4)cc2)C12C=Nc1c(ccc3ccccc13)O2. The Morgan fingerprint density at radius 2 is 0.839 bits per heavy atom. The van der Waals surface area contributed by atoms with Crippen LogP contribution in [0.1, 0.15) is 49.9 Å². The second-order valence-electron chi connectivity index (χ2n) is 16.7. The highest BCUT2D eigenvalue weighted by Crippen LogP contribution is 2.57. The lowest BCUT2D eigenvalue weighted by atomic mass is 9.77. The van der Waals surface area contributed by atoms with Gasteiger partial charge in [0.25, 0.3) is 0 Å². The molecule has 0 amide bonds. The smallest absolute Gasteiger partial charge is 0.229 e. The number of anilines is 2. The van der Waals surface area contributed by atoms with Crippen molar-refractivity contribution in [3.05, 3.63) is 168 Å². The molecule has 4 aliphatic rings. The Labute approximate surface area is 327 Å². The third kappa shape index (κ3) is 4.38. The van der Waals surface area contributed by atoms with Crippen LogP contribution in [0.5, 0.6) is 11.5 Å². The van der Waals surface area contributed by atoms with Crippen LogP contribution in [0, 0.1) is 0 Å². The van der Waals surface area contributed by atoms with Crippen LogP contribution in [0.3, 0.4) is 0 Å². The first-order valence-corrected chi connectivity index (χ1v) is 19.5. The van der Waals surface area contributed by atoms with E-state index in [-0.39, 0.29) is 10.8 Å². The van der Waals surface area contributed by atoms with Gasteiger partial charge in [0.1, 0.15) is 22.9 Å². The molecule has 0 bridgehead atoms. The standard InChI is InChI=1S/C50H42N4O2/c1-47(2)39-17-9-11-19-41(39)53(49(47)31-51-45-37-15-7-5-13-35(37)25-27-43(45)55-49)29-33-21-23-34(24-22-33)30-54-42-20-12-10-18-40(42)48(3,4)50(54)32-52-46-38-16-8-6-14-36(38)26-28-44(46)56-50/h5-28,31-32H,29-30H2,1-4H3. The predicted octanol–water partition coefficient (Wildman–Crippen LogP) is 11.6. The maximum Gasteiger partial charge on any atom is 0.229 e. The molecule has 0 radical (unpaired) electrons. The number of hydrogen-bond acceptors (Lipinski definition) is 6. The number of rotatable bonds is 4. The first kappa shape index (κ1) is 33.0. The van der Waals surface area contributed by atoms with Gasteiger partial charge in [-0.15, -0.1) is 0 Å². The number of benzene rings is 7. The van der Waals surface area contributed by atoms with E-state index in [4.69, 9.17) is 19.5 Å². The Hall–Kier alpha value is -6.40. The van der Waals surface area contributed by atoms with Gasteiger partial charge in [0, 0.05) is 35.2 Å². The molecule has 0 aromatic heterocycles. The van der Waals surface area contributed by atoms with Crippen molar-refractivity contribution in [2.75, 3.05) is 9.80 Å². The average molecular weight is 731 g/mol. The highest BCUT2D eigenvalue weighted by atomic mass is 16.5. The number of ether oxygens (including phenoxy) is 2. The quantitative estimate of drug-likeness (QED) is 0.181. The molecule has 6 heteroatoms. The van der Waals surface area contributed by atoms with E-state index >= 15 is 0 Å². The Bertz CT molecular complexity index is 2610. The normalized spacial score (nSPS) is 21.9. The fourth-order valence-electron chi connectivity index (χ4n) is 9.83. The fraction of sp³-hybridized carbons (Fsp3) is 0.200. The lowest BCUT2D eigenvalue weighted by Gasteiger charge is -2.46. The van der Waals surface area contributed by atoms with Gasteiger partial charge in [-0.25, -0.2) is 0 Å². The minimum absolute atomic E-state index is 0.382. The summed E-state index contributed by atoms with van der Waals surface area (Å²) in [4.78, 5) is 15.2. The van der Waals surface area contributed by atoms with E-state index < -0.39 is 11.4 Å². The predicted molar refractivity (Wildman–Crippen MR) is 229 cm³/mol. The molecule has 11 rings (SSSR count). The van der Waals surface area contributed by atoms with E-state index in [1.165, 1.54) is 22.3 Å². The zero-order valence-electron chi connectivity index (χ0n) is 32.0. The maximum absolute atomic E-state index is 7.19. The molecule has 0 fully saturated rings. The van der Waals surface area contributed by atoms with Gasteiger partial charge in [0.05, 0.1) is 23.3 Å². The van der Waals surface area contributed by atoms with Gasteiger partial charge in [-0.3, -0.25) is 9.98 Å². The molecule has 7 aromatic rings. The third-order valence-corrected chi connectivity index (χ3v) is 13.0. The monoisotopic (exact) mass is 730 g/mol. The summed E-state index contributed by atoms with van der Waals surface area (Å²) in [5.74, 6) is 1.61. The number of para-hydroxylation sites is 2. The van der Waals surface area contributed by atoms with Crippen LogP contribution in [-0.4, -0.2) is 23.9 Å². The van der Waals surface area contributed by atoms with Crippen molar-refractivity contribution in [3.8, 4) is 11.5 Å². The van der Waals surface area contributed by atoms with Crippen LogP contribution in [0.2, 0.25) is 0 Å². The van der Waals surface area contributed by atoms with E-state index in [0.717, 1.165) is 55.8 Å². The zero-order chi connectivity index (χ0) is 37.9. The topological polar surface area (TPSA) is 49.7 Å². The van der Waals surface area contributed by atoms with Crippen LogP contribution < -0.4 is 19.3 Å². The van der Waals surface area contributed by atoms with E-state index in [1.807, 2.05) is 0 Å².